The number of anilines is 1. The van der Waals surface area contributed by atoms with Gasteiger partial charge in [0, 0.05) is 26.1 Å². The number of carbonyl (C=O) groups excluding carboxylic acids is 1. The molecule has 0 bridgehead atoms. The number of thiazole rings is 1. The molecule has 5 nitrogen and oxygen atoms in total. The number of pyridine rings is 1. The second kappa shape index (κ2) is 5.56. The lowest BCUT2D eigenvalue weighted by atomic mass is 10.2. The van der Waals surface area contributed by atoms with Crippen molar-refractivity contribution < 1.29 is 9.18 Å². The summed E-state index contributed by atoms with van der Waals surface area (Å²) in [5, 5.41) is 3.31. The van der Waals surface area contributed by atoms with Crippen molar-refractivity contribution in [3.63, 3.8) is 0 Å². The Morgan fingerprint density at radius 3 is 2.96 bits per heavy atom. The van der Waals surface area contributed by atoms with E-state index in [4.69, 9.17) is 0 Å². The molecular weight excluding hydrogens is 315 g/mol. The van der Waals surface area contributed by atoms with Crippen molar-refractivity contribution in [1.82, 2.24) is 15.3 Å². The van der Waals surface area contributed by atoms with Crippen LogP contribution in [0.5, 0.6) is 0 Å². The van der Waals surface area contributed by atoms with Crippen molar-refractivity contribution in [2.24, 2.45) is 5.92 Å². The van der Waals surface area contributed by atoms with Crippen molar-refractivity contribution in [3.8, 4) is 10.6 Å². The van der Waals surface area contributed by atoms with Crippen LogP contribution in [0.25, 0.3) is 10.6 Å². The first kappa shape index (κ1) is 14.6. The van der Waals surface area contributed by atoms with Crippen molar-refractivity contribution in [2.75, 3.05) is 24.5 Å². The fraction of sp³-hybridized carbons (Fsp3) is 0.438. The summed E-state index contributed by atoms with van der Waals surface area (Å²) < 4.78 is 14.5. The lowest BCUT2D eigenvalue weighted by Crippen LogP contribution is -2.30. The molecule has 1 saturated heterocycles. The molecule has 0 saturated carbocycles. The number of aromatic nitrogens is 2. The number of nitrogens with one attached hydrogen (secondary N) is 1. The summed E-state index contributed by atoms with van der Waals surface area (Å²) in [5.41, 5.74) is 1.12. The average molecular weight is 332 g/mol. The zero-order chi connectivity index (χ0) is 16.0. The van der Waals surface area contributed by atoms with Gasteiger partial charge >= 0.3 is 0 Å². The maximum atomic E-state index is 14.5. The van der Waals surface area contributed by atoms with E-state index in [1.807, 2.05) is 6.07 Å². The number of nitrogens with zero attached hydrogens (tertiary/aromatic N) is 3. The minimum absolute atomic E-state index is 0.119. The van der Waals surface area contributed by atoms with Gasteiger partial charge in [-0.25, -0.2) is 9.97 Å². The lowest BCUT2D eigenvalue weighted by Gasteiger charge is -2.17. The molecule has 4 heterocycles. The van der Waals surface area contributed by atoms with Gasteiger partial charge in [0.05, 0.1) is 11.3 Å². The van der Waals surface area contributed by atoms with Gasteiger partial charge in [0.1, 0.15) is 15.7 Å². The van der Waals surface area contributed by atoms with Crippen LogP contribution in [-0.2, 0) is 6.42 Å². The molecular formula is C16H17FN4OS. The normalized spacial score (nSPS) is 20.5. The first-order valence-corrected chi connectivity index (χ1v) is 8.63. The molecule has 1 N–H and O–H groups in total. The third kappa shape index (κ3) is 2.59. The van der Waals surface area contributed by atoms with Gasteiger partial charge in [-0.15, -0.1) is 11.3 Å². The highest BCUT2D eigenvalue weighted by Crippen LogP contribution is 2.32. The topological polar surface area (TPSA) is 58.1 Å². The Kier molecular flexibility index (Phi) is 3.52. The molecule has 2 aliphatic rings. The predicted octanol–water partition coefficient (Wildman–Crippen LogP) is 2.48. The summed E-state index contributed by atoms with van der Waals surface area (Å²) >= 11 is 1.23. The van der Waals surface area contributed by atoms with Gasteiger partial charge in [0.2, 0.25) is 5.95 Å². The summed E-state index contributed by atoms with van der Waals surface area (Å²) in [6.45, 7) is 4.61. The van der Waals surface area contributed by atoms with Crippen molar-refractivity contribution in [2.45, 2.75) is 19.8 Å². The van der Waals surface area contributed by atoms with Gasteiger partial charge in [0.15, 0.2) is 0 Å². The van der Waals surface area contributed by atoms with E-state index in [1.165, 1.54) is 11.3 Å². The van der Waals surface area contributed by atoms with Crippen LogP contribution in [0.3, 0.4) is 0 Å². The van der Waals surface area contributed by atoms with Crippen molar-refractivity contribution in [3.05, 3.63) is 28.7 Å². The van der Waals surface area contributed by atoms with E-state index in [0.717, 1.165) is 25.2 Å². The Labute approximate surface area is 137 Å². The summed E-state index contributed by atoms with van der Waals surface area (Å²) in [6.07, 6.45) is 1.80. The molecule has 0 aliphatic carbocycles. The van der Waals surface area contributed by atoms with Crippen LogP contribution in [0, 0.1) is 11.9 Å². The standard InChI is InChI=1S/C16H17FN4OS/c1-9-5-7-21(8-9)12-3-2-10(14(17)20-12)16-19-11-4-6-18-15(22)13(11)23-16/h2-3,9H,4-8H2,1H3,(H,18,22). The summed E-state index contributed by atoms with van der Waals surface area (Å²) in [6, 6.07) is 3.57. The first-order chi connectivity index (χ1) is 11.1. The molecule has 2 aromatic rings. The van der Waals surface area contributed by atoms with E-state index in [2.05, 4.69) is 27.1 Å². The second-order valence-corrected chi connectivity index (χ2v) is 7.15. The van der Waals surface area contributed by atoms with Gasteiger partial charge in [-0.2, -0.15) is 4.39 Å². The number of carbonyl (C=O) groups is 1. The third-order valence-corrected chi connectivity index (χ3v) is 5.49. The Balaban J connectivity index is 1.66. The van der Waals surface area contributed by atoms with E-state index >= 15 is 0 Å². The molecule has 1 unspecified atom stereocenters. The zero-order valence-electron chi connectivity index (χ0n) is 12.8. The predicted molar refractivity (Wildman–Crippen MR) is 87.3 cm³/mol. The molecule has 2 aliphatic heterocycles. The SMILES string of the molecule is CC1CCN(c2ccc(-c3nc4c(s3)C(=O)NCC4)c(F)n2)C1. The third-order valence-electron chi connectivity index (χ3n) is 4.36. The first-order valence-electron chi connectivity index (χ1n) is 7.81. The highest BCUT2D eigenvalue weighted by atomic mass is 32.1. The van der Waals surface area contributed by atoms with Gasteiger partial charge < -0.3 is 10.2 Å². The van der Waals surface area contributed by atoms with E-state index in [0.29, 0.717) is 40.1 Å². The smallest absolute Gasteiger partial charge is 0.263 e. The molecule has 120 valence electrons. The minimum Gasteiger partial charge on any atom is -0.356 e. The highest BCUT2D eigenvalue weighted by molar-refractivity contribution is 7.17. The Morgan fingerprint density at radius 1 is 1.39 bits per heavy atom. The fourth-order valence-electron chi connectivity index (χ4n) is 3.09. The van der Waals surface area contributed by atoms with Crippen LogP contribution in [-0.4, -0.2) is 35.5 Å². The monoisotopic (exact) mass is 332 g/mol. The van der Waals surface area contributed by atoms with E-state index in [1.54, 1.807) is 6.07 Å². The molecule has 1 amide bonds. The van der Waals surface area contributed by atoms with Gasteiger partial charge in [-0.05, 0) is 24.5 Å². The summed E-state index contributed by atoms with van der Waals surface area (Å²) in [7, 11) is 0. The van der Waals surface area contributed by atoms with Crippen LogP contribution in [0.1, 0.15) is 28.7 Å². The van der Waals surface area contributed by atoms with Crippen LogP contribution in [0.15, 0.2) is 12.1 Å². The Morgan fingerprint density at radius 2 is 2.26 bits per heavy atom. The average Bonchev–Trinajstić information content (AvgIpc) is 3.14. The molecule has 23 heavy (non-hydrogen) atoms. The highest BCUT2D eigenvalue weighted by Gasteiger charge is 2.25. The number of rotatable bonds is 2. The van der Waals surface area contributed by atoms with Crippen LogP contribution in [0.2, 0.25) is 0 Å². The molecule has 0 radical (unpaired) electrons. The van der Waals surface area contributed by atoms with Gasteiger partial charge in [-0.3, -0.25) is 4.79 Å². The van der Waals surface area contributed by atoms with Gasteiger partial charge in [0.25, 0.3) is 5.91 Å². The summed E-state index contributed by atoms with van der Waals surface area (Å²) in [5.74, 6) is 0.651. The van der Waals surface area contributed by atoms with E-state index in [9.17, 15) is 9.18 Å². The van der Waals surface area contributed by atoms with Crippen LogP contribution >= 0.6 is 11.3 Å². The maximum Gasteiger partial charge on any atom is 0.263 e. The Bertz CT molecular complexity index is 775. The molecule has 2 aromatic heterocycles. The van der Waals surface area contributed by atoms with Crippen molar-refractivity contribution in [1.29, 1.82) is 0 Å². The van der Waals surface area contributed by atoms with Crippen molar-refractivity contribution >= 4 is 23.1 Å². The Hall–Kier alpha value is -2.02. The number of amides is 1. The summed E-state index contributed by atoms with van der Waals surface area (Å²) in [4.78, 5) is 23.1. The minimum atomic E-state index is -0.520. The van der Waals surface area contributed by atoms with E-state index < -0.39 is 5.95 Å². The quantitative estimate of drug-likeness (QED) is 0.859. The van der Waals surface area contributed by atoms with Gasteiger partial charge in [-0.1, -0.05) is 6.92 Å². The number of hydrogen-bond donors (Lipinski definition) is 1. The molecule has 4 rings (SSSR count). The number of halogens is 1. The largest absolute Gasteiger partial charge is 0.356 e. The number of hydrogen-bond acceptors (Lipinski definition) is 5. The second-order valence-electron chi connectivity index (χ2n) is 6.15. The van der Waals surface area contributed by atoms with E-state index in [-0.39, 0.29) is 5.91 Å². The molecule has 0 aromatic carbocycles. The lowest BCUT2D eigenvalue weighted by molar-refractivity contribution is 0.0950. The fourth-order valence-corrected chi connectivity index (χ4v) is 4.13. The zero-order valence-corrected chi connectivity index (χ0v) is 13.6. The molecule has 1 fully saturated rings. The van der Waals surface area contributed by atoms with Crippen LogP contribution < -0.4 is 10.2 Å². The molecule has 1 atom stereocenters. The maximum absolute atomic E-state index is 14.5. The molecule has 7 heteroatoms. The van der Waals surface area contributed by atoms with Crippen LogP contribution in [0.4, 0.5) is 10.2 Å². The number of fused-ring (bicyclic) bond motifs is 1. The molecule has 0 spiro atoms.